The number of anilines is 1. The van der Waals surface area contributed by atoms with E-state index in [4.69, 9.17) is 4.74 Å². The number of aromatic nitrogens is 3. The number of ether oxygens (including phenoxy) is 1. The Kier molecular flexibility index (Phi) is 5.75. The van der Waals surface area contributed by atoms with E-state index in [0.717, 1.165) is 0 Å². The predicted molar refractivity (Wildman–Crippen MR) is 97.2 cm³/mol. The Labute approximate surface area is 154 Å². The number of nitrogens with one attached hydrogen (secondary N) is 1. The van der Waals surface area contributed by atoms with E-state index >= 15 is 0 Å². The number of hydrogen-bond donors (Lipinski definition) is 1. The molecule has 8 heteroatoms. The fourth-order valence-electron chi connectivity index (χ4n) is 2.48. The molecule has 1 N–H and O–H groups in total. The highest BCUT2D eigenvalue weighted by Crippen LogP contribution is 2.31. The van der Waals surface area contributed by atoms with E-state index in [9.17, 15) is 13.6 Å². The molecule has 1 amide bonds. The van der Waals surface area contributed by atoms with Crippen LogP contribution in [0.1, 0.15) is 10.4 Å². The van der Waals surface area contributed by atoms with Gasteiger partial charge in [-0.2, -0.15) is 5.10 Å². The second-order valence-corrected chi connectivity index (χ2v) is 5.83. The maximum atomic E-state index is 12.9. The van der Waals surface area contributed by atoms with Gasteiger partial charge in [-0.15, -0.1) is 0 Å². The van der Waals surface area contributed by atoms with E-state index in [1.807, 2.05) is 0 Å². The van der Waals surface area contributed by atoms with E-state index in [1.54, 1.807) is 54.6 Å². The van der Waals surface area contributed by atoms with Gasteiger partial charge in [0.15, 0.2) is 11.9 Å². The fourth-order valence-corrected chi connectivity index (χ4v) is 2.48. The second-order valence-electron chi connectivity index (χ2n) is 5.83. The van der Waals surface area contributed by atoms with E-state index in [0.29, 0.717) is 22.5 Å². The van der Waals surface area contributed by atoms with Gasteiger partial charge in [0.2, 0.25) is 0 Å². The minimum Gasteiger partial charge on any atom is -0.484 e. The average Bonchev–Trinajstić information content (AvgIpc) is 3.11. The van der Waals surface area contributed by atoms with Crippen molar-refractivity contribution >= 4 is 11.7 Å². The van der Waals surface area contributed by atoms with Crippen molar-refractivity contribution in [2.45, 2.75) is 6.10 Å². The van der Waals surface area contributed by atoms with Gasteiger partial charge in [-0.3, -0.25) is 14.5 Å². The van der Waals surface area contributed by atoms with Crippen molar-refractivity contribution in [2.24, 2.45) is 7.05 Å². The van der Waals surface area contributed by atoms with Crippen LogP contribution >= 0.6 is 0 Å². The van der Waals surface area contributed by atoms with Crippen LogP contribution in [0.25, 0.3) is 11.1 Å². The third-order valence-corrected chi connectivity index (χ3v) is 3.81. The first kappa shape index (κ1) is 18.5. The maximum absolute atomic E-state index is 12.9. The number of hydrogen-bond acceptors (Lipinski definition) is 4. The van der Waals surface area contributed by atoms with Crippen LogP contribution < -0.4 is 10.1 Å². The number of carbonyl (C=O) groups excluding carboxylic acids is 1. The summed E-state index contributed by atoms with van der Waals surface area (Å²) in [6.45, 7) is -1.91. The van der Waals surface area contributed by atoms with Gasteiger partial charge in [0.05, 0.1) is 0 Å². The number of carbonyl (C=O) groups is 1. The third kappa shape index (κ3) is 4.46. The van der Waals surface area contributed by atoms with Crippen LogP contribution in [-0.4, -0.2) is 40.1 Å². The summed E-state index contributed by atoms with van der Waals surface area (Å²) in [6, 6.07) is 9.81. The van der Waals surface area contributed by atoms with Gasteiger partial charge in [-0.1, -0.05) is 6.07 Å². The van der Waals surface area contributed by atoms with Crippen molar-refractivity contribution < 1.29 is 18.3 Å². The Bertz CT molecular complexity index is 911. The standard InChI is InChI=1S/C19H18F2N4O2/c1-25-8-6-18(24-25)23-19(26)13-4-5-17(27-15(10-20)11-21)16(9-13)14-3-2-7-22-12-14/h2-9,12,15H,10-11H2,1H3,(H,23,24,26). The molecule has 2 aromatic heterocycles. The van der Waals surface area contributed by atoms with Crippen LogP contribution in [0.4, 0.5) is 14.6 Å². The summed E-state index contributed by atoms with van der Waals surface area (Å²) in [5.41, 5.74) is 1.53. The Morgan fingerprint density at radius 2 is 2.07 bits per heavy atom. The Morgan fingerprint density at radius 3 is 2.70 bits per heavy atom. The lowest BCUT2D eigenvalue weighted by Gasteiger charge is -2.17. The summed E-state index contributed by atoms with van der Waals surface area (Å²) in [4.78, 5) is 16.6. The molecular weight excluding hydrogens is 354 g/mol. The summed E-state index contributed by atoms with van der Waals surface area (Å²) in [5.74, 6) is 0.330. The van der Waals surface area contributed by atoms with Crippen LogP contribution in [0.15, 0.2) is 55.0 Å². The number of rotatable bonds is 7. The molecule has 0 saturated heterocycles. The minimum absolute atomic E-state index is 0.276. The minimum atomic E-state index is -1.20. The van der Waals surface area contributed by atoms with Gasteiger partial charge in [0.1, 0.15) is 19.1 Å². The molecule has 6 nitrogen and oxygen atoms in total. The van der Waals surface area contributed by atoms with E-state index in [1.165, 1.54) is 12.1 Å². The van der Waals surface area contributed by atoms with Crippen molar-refractivity contribution in [1.82, 2.24) is 14.8 Å². The lowest BCUT2D eigenvalue weighted by molar-refractivity contribution is 0.102. The van der Waals surface area contributed by atoms with E-state index in [2.05, 4.69) is 15.4 Å². The van der Waals surface area contributed by atoms with Gasteiger partial charge >= 0.3 is 0 Å². The molecule has 0 atom stereocenters. The molecule has 0 radical (unpaired) electrons. The quantitative estimate of drug-likeness (QED) is 0.690. The van der Waals surface area contributed by atoms with Crippen LogP contribution in [0, 0.1) is 0 Å². The second kappa shape index (κ2) is 8.39. The molecule has 0 unspecified atom stereocenters. The number of amides is 1. The molecule has 27 heavy (non-hydrogen) atoms. The number of aryl methyl sites for hydroxylation is 1. The number of benzene rings is 1. The van der Waals surface area contributed by atoms with Crippen LogP contribution in [-0.2, 0) is 7.05 Å². The molecule has 0 fully saturated rings. The lowest BCUT2D eigenvalue weighted by atomic mass is 10.0. The highest BCUT2D eigenvalue weighted by atomic mass is 19.1. The first-order valence-corrected chi connectivity index (χ1v) is 8.24. The van der Waals surface area contributed by atoms with Crippen LogP contribution in [0.5, 0.6) is 5.75 Å². The normalized spacial score (nSPS) is 10.8. The maximum Gasteiger partial charge on any atom is 0.256 e. The smallest absolute Gasteiger partial charge is 0.256 e. The average molecular weight is 372 g/mol. The highest BCUT2D eigenvalue weighted by molar-refractivity contribution is 6.04. The van der Waals surface area contributed by atoms with Gasteiger partial charge < -0.3 is 10.1 Å². The number of alkyl halides is 2. The first-order chi connectivity index (χ1) is 13.1. The highest BCUT2D eigenvalue weighted by Gasteiger charge is 2.17. The molecule has 0 aliphatic carbocycles. The lowest BCUT2D eigenvalue weighted by Crippen LogP contribution is -2.21. The monoisotopic (exact) mass is 372 g/mol. The zero-order chi connectivity index (χ0) is 19.2. The van der Waals surface area contributed by atoms with Crippen molar-refractivity contribution in [3.05, 3.63) is 60.6 Å². The molecule has 140 valence electrons. The molecule has 3 rings (SSSR count). The van der Waals surface area contributed by atoms with E-state index < -0.39 is 19.5 Å². The largest absolute Gasteiger partial charge is 0.484 e. The summed E-state index contributed by atoms with van der Waals surface area (Å²) < 4.78 is 32.8. The summed E-state index contributed by atoms with van der Waals surface area (Å²) in [5, 5.41) is 6.80. The van der Waals surface area contributed by atoms with Crippen LogP contribution in [0.2, 0.25) is 0 Å². The zero-order valence-electron chi connectivity index (χ0n) is 14.6. The van der Waals surface area contributed by atoms with Gasteiger partial charge in [-0.25, -0.2) is 8.78 Å². The zero-order valence-corrected chi connectivity index (χ0v) is 14.6. The molecule has 0 saturated carbocycles. The summed E-state index contributed by atoms with van der Waals surface area (Å²) >= 11 is 0. The third-order valence-electron chi connectivity index (χ3n) is 3.81. The SMILES string of the molecule is Cn1ccc(NC(=O)c2ccc(OC(CF)CF)c(-c3cccnc3)c2)n1. The molecule has 2 heterocycles. The number of halogens is 2. The molecular formula is C19H18F2N4O2. The number of pyridine rings is 1. The first-order valence-electron chi connectivity index (χ1n) is 8.24. The van der Waals surface area contributed by atoms with Gasteiger partial charge in [0.25, 0.3) is 5.91 Å². The number of nitrogens with zero attached hydrogens (tertiary/aromatic N) is 3. The van der Waals surface area contributed by atoms with Crippen LogP contribution in [0.3, 0.4) is 0 Å². The molecule has 3 aromatic rings. The molecule has 0 aliphatic rings. The van der Waals surface area contributed by atoms with Gasteiger partial charge in [0, 0.05) is 48.4 Å². The topological polar surface area (TPSA) is 69.0 Å². The Hall–Kier alpha value is -3.29. The predicted octanol–water partition coefficient (Wildman–Crippen LogP) is 3.42. The van der Waals surface area contributed by atoms with Crippen molar-refractivity contribution in [3.63, 3.8) is 0 Å². The molecule has 0 spiro atoms. The van der Waals surface area contributed by atoms with E-state index in [-0.39, 0.29) is 11.7 Å². The van der Waals surface area contributed by atoms with Gasteiger partial charge in [-0.05, 0) is 24.3 Å². The van der Waals surface area contributed by atoms with Crippen molar-refractivity contribution in [2.75, 3.05) is 18.7 Å². The van der Waals surface area contributed by atoms with Crippen molar-refractivity contribution in [3.8, 4) is 16.9 Å². The molecule has 0 aliphatic heterocycles. The Morgan fingerprint density at radius 1 is 1.26 bits per heavy atom. The molecule has 0 bridgehead atoms. The fraction of sp³-hybridized carbons (Fsp3) is 0.211. The summed E-state index contributed by atoms with van der Waals surface area (Å²) in [6.07, 6.45) is 3.70. The molecule has 1 aromatic carbocycles. The Balaban J connectivity index is 1.93. The van der Waals surface area contributed by atoms with Crippen molar-refractivity contribution in [1.29, 1.82) is 0 Å². The summed E-state index contributed by atoms with van der Waals surface area (Å²) in [7, 11) is 1.74.